The number of morpholine rings is 1. The first kappa shape index (κ1) is 24.7. The van der Waals surface area contributed by atoms with E-state index in [1.54, 1.807) is 12.1 Å². The second-order valence-electron chi connectivity index (χ2n) is 8.19. The molecule has 1 fully saturated rings. The summed E-state index contributed by atoms with van der Waals surface area (Å²) in [4.78, 5) is 13.1. The van der Waals surface area contributed by atoms with Crippen LogP contribution in [0.5, 0.6) is 5.75 Å². The fourth-order valence-corrected chi connectivity index (χ4v) is 5.32. The van der Waals surface area contributed by atoms with Gasteiger partial charge in [-0.25, -0.2) is 8.42 Å². The van der Waals surface area contributed by atoms with Crippen LogP contribution in [-0.2, 0) is 14.8 Å². The minimum absolute atomic E-state index is 0.0415. The predicted molar refractivity (Wildman–Crippen MR) is 135 cm³/mol. The third-order valence-electron chi connectivity index (χ3n) is 5.85. The van der Waals surface area contributed by atoms with Gasteiger partial charge in [-0.1, -0.05) is 30.3 Å². The average Bonchev–Trinajstić information content (AvgIpc) is 2.90. The molecule has 0 aliphatic carbocycles. The largest absolute Gasteiger partial charge is 0.496 e. The summed E-state index contributed by atoms with van der Waals surface area (Å²) in [6.07, 6.45) is 0. The molecule has 3 aromatic rings. The molecule has 1 aliphatic rings. The third kappa shape index (κ3) is 5.82. The van der Waals surface area contributed by atoms with E-state index in [9.17, 15) is 13.2 Å². The van der Waals surface area contributed by atoms with Gasteiger partial charge in [0.2, 0.25) is 10.0 Å². The van der Waals surface area contributed by atoms with E-state index in [1.165, 1.54) is 35.2 Å². The molecule has 1 amide bonds. The maximum atomic E-state index is 13.1. The average molecular weight is 496 g/mol. The van der Waals surface area contributed by atoms with Gasteiger partial charge in [0.1, 0.15) is 5.75 Å². The molecule has 1 unspecified atom stereocenters. The number of nitrogens with zero attached hydrogens (tertiary/aromatic N) is 1. The van der Waals surface area contributed by atoms with Crippen molar-refractivity contribution in [1.29, 1.82) is 0 Å². The Morgan fingerprint density at radius 1 is 0.971 bits per heavy atom. The number of amides is 1. The van der Waals surface area contributed by atoms with Crippen molar-refractivity contribution in [2.24, 2.45) is 0 Å². The lowest BCUT2D eigenvalue weighted by atomic mass is 10.1. The minimum atomic E-state index is -3.75. The number of sulfonamides is 1. The highest BCUT2D eigenvalue weighted by atomic mass is 32.2. The van der Waals surface area contributed by atoms with Crippen molar-refractivity contribution < 1.29 is 22.7 Å². The number of nitrogens with one attached hydrogen (secondary N) is 2. The van der Waals surface area contributed by atoms with Crippen LogP contribution in [0.25, 0.3) is 0 Å². The first-order valence-corrected chi connectivity index (χ1v) is 12.8. The van der Waals surface area contributed by atoms with Gasteiger partial charge in [-0.2, -0.15) is 4.31 Å². The molecule has 0 radical (unpaired) electrons. The summed E-state index contributed by atoms with van der Waals surface area (Å²) in [5.41, 5.74) is 2.80. The molecule has 0 aromatic heterocycles. The lowest BCUT2D eigenvalue weighted by molar-refractivity contribution is 0.0730. The van der Waals surface area contributed by atoms with Crippen molar-refractivity contribution in [1.82, 2.24) is 4.31 Å². The minimum Gasteiger partial charge on any atom is -0.496 e. The maximum absolute atomic E-state index is 13.1. The van der Waals surface area contributed by atoms with Crippen LogP contribution < -0.4 is 15.4 Å². The number of benzene rings is 3. The van der Waals surface area contributed by atoms with Crippen molar-refractivity contribution in [3.8, 4) is 5.75 Å². The highest BCUT2D eigenvalue weighted by Crippen LogP contribution is 2.27. The van der Waals surface area contributed by atoms with Gasteiger partial charge in [0, 0.05) is 30.5 Å². The van der Waals surface area contributed by atoms with Crippen LogP contribution >= 0.6 is 0 Å². The summed E-state index contributed by atoms with van der Waals surface area (Å²) in [5, 5.41) is 6.26. The van der Waals surface area contributed by atoms with Gasteiger partial charge in [-0.05, 0) is 55.0 Å². The molecule has 184 valence electrons. The summed E-state index contributed by atoms with van der Waals surface area (Å²) < 4.78 is 38.0. The monoisotopic (exact) mass is 495 g/mol. The highest BCUT2D eigenvalue weighted by molar-refractivity contribution is 7.89. The zero-order valence-electron chi connectivity index (χ0n) is 19.7. The summed E-state index contributed by atoms with van der Waals surface area (Å²) in [7, 11) is -2.31. The standard InChI is InChI=1S/C26H29N3O5S/c1-19(20-6-4-3-5-7-20)27-21-8-10-22(11-9-21)28-26(30)24-18-23(12-13-25(24)33-2)35(31,32)29-14-16-34-17-15-29/h3-13,18-19,27H,14-17H2,1-2H3,(H,28,30). The van der Waals surface area contributed by atoms with E-state index in [-0.39, 0.29) is 29.6 Å². The Balaban J connectivity index is 1.48. The summed E-state index contributed by atoms with van der Waals surface area (Å²) in [6, 6.07) is 21.9. The third-order valence-corrected chi connectivity index (χ3v) is 7.74. The number of ether oxygens (including phenoxy) is 2. The number of carbonyl (C=O) groups is 1. The molecule has 1 aliphatic heterocycles. The SMILES string of the molecule is COc1ccc(S(=O)(=O)N2CCOCC2)cc1C(=O)Nc1ccc(NC(C)c2ccccc2)cc1. The molecular formula is C26H29N3O5S. The van der Waals surface area contributed by atoms with Crippen molar-refractivity contribution in [2.45, 2.75) is 17.9 Å². The van der Waals surface area contributed by atoms with Crippen LogP contribution in [0.4, 0.5) is 11.4 Å². The Labute approximate surface area is 205 Å². The van der Waals surface area contributed by atoms with Crippen LogP contribution in [-0.4, -0.2) is 52.0 Å². The van der Waals surface area contributed by atoms with Crippen LogP contribution in [0.3, 0.4) is 0 Å². The van der Waals surface area contributed by atoms with Gasteiger partial charge in [-0.3, -0.25) is 4.79 Å². The van der Waals surface area contributed by atoms with Gasteiger partial charge >= 0.3 is 0 Å². The smallest absolute Gasteiger partial charge is 0.259 e. The number of carbonyl (C=O) groups excluding carboxylic acids is 1. The zero-order valence-corrected chi connectivity index (χ0v) is 20.5. The summed E-state index contributed by atoms with van der Waals surface area (Å²) in [6.45, 7) is 3.32. The Kier molecular flexibility index (Phi) is 7.70. The topological polar surface area (TPSA) is 97.0 Å². The molecule has 2 N–H and O–H groups in total. The first-order valence-electron chi connectivity index (χ1n) is 11.4. The van der Waals surface area contributed by atoms with E-state index in [4.69, 9.17) is 9.47 Å². The van der Waals surface area contributed by atoms with Crippen LogP contribution in [0.2, 0.25) is 0 Å². The summed E-state index contributed by atoms with van der Waals surface area (Å²) in [5.74, 6) is -0.169. The van der Waals surface area contributed by atoms with Crippen LogP contribution in [0, 0.1) is 0 Å². The molecule has 8 nitrogen and oxygen atoms in total. The molecule has 4 rings (SSSR count). The lowest BCUT2D eigenvalue weighted by Gasteiger charge is -2.26. The number of hydrogen-bond acceptors (Lipinski definition) is 6. The van der Waals surface area contributed by atoms with Crippen molar-refractivity contribution in [2.75, 3.05) is 44.0 Å². The molecule has 35 heavy (non-hydrogen) atoms. The molecule has 0 spiro atoms. The number of methoxy groups -OCH3 is 1. The second kappa shape index (κ2) is 10.9. The van der Waals surface area contributed by atoms with Gasteiger partial charge in [0.05, 0.1) is 30.8 Å². The van der Waals surface area contributed by atoms with Crippen molar-refractivity contribution in [3.63, 3.8) is 0 Å². The van der Waals surface area contributed by atoms with Crippen molar-refractivity contribution >= 4 is 27.3 Å². The molecule has 3 aromatic carbocycles. The Hall–Kier alpha value is -3.40. The zero-order chi connectivity index (χ0) is 24.8. The lowest BCUT2D eigenvalue weighted by Crippen LogP contribution is -2.40. The van der Waals surface area contributed by atoms with E-state index in [2.05, 4.69) is 29.7 Å². The summed E-state index contributed by atoms with van der Waals surface area (Å²) >= 11 is 0. The van der Waals surface area contributed by atoms with Gasteiger partial charge in [0.25, 0.3) is 5.91 Å². The van der Waals surface area contributed by atoms with Crippen LogP contribution in [0.15, 0.2) is 77.7 Å². The van der Waals surface area contributed by atoms with E-state index in [1.807, 2.05) is 30.3 Å². The van der Waals surface area contributed by atoms with E-state index in [0.29, 0.717) is 24.7 Å². The van der Waals surface area contributed by atoms with Crippen LogP contribution in [0.1, 0.15) is 28.9 Å². The predicted octanol–water partition coefficient (Wildman–Crippen LogP) is 4.14. The molecule has 0 bridgehead atoms. The van der Waals surface area contributed by atoms with E-state index in [0.717, 1.165) is 5.69 Å². The fraction of sp³-hybridized carbons (Fsp3) is 0.269. The molecule has 1 heterocycles. The number of anilines is 2. The number of hydrogen-bond donors (Lipinski definition) is 2. The molecule has 1 saturated heterocycles. The molecule has 9 heteroatoms. The van der Waals surface area contributed by atoms with Gasteiger partial charge < -0.3 is 20.1 Å². The number of rotatable bonds is 8. The van der Waals surface area contributed by atoms with E-state index >= 15 is 0 Å². The maximum Gasteiger partial charge on any atom is 0.259 e. The quantitative estimate of drug-likeness (QED) is 0.488. The Bertz CT molecular complexity index is 1260. The second-order valence-corrected chi connectivity index (χ2v) is 10.1. The van der Waals surface area contributed by atoms with E-state index < -0.39 is 15.9 Å². The fourth-order valence-electron chi connectivity index (χ4n) is 3.88. The highest BCUT2D eigenvalue weighted by Gasteiger charge is 2.28. The van der Waals surface area contributed by atoms with Gasteiger partial charge in [0.15, 0.2) is 0 Å². The Morgan fingerprint density at radius 3 is 2.29 bits per heavy atom. The normalized spacial score (nSPS) is 15.3. The molecular weight excluding hydrogens is 466 g/mol. The Morgan fingerprint density at radius 2 is 1.63 bits per heavy atom. The molecule has 1 atom stereocenters. The van der Waals surface area contributed by atoms with Gasteiger partial charge in [-0.15, -0.1) is 0 Å². The first-order chi connectivity index (χ1) is 16.9. The van der Waals surface area contributed by atoms with Crippen molar-refractivity contribution in [3.05, 3.63) is 83.9 Å². The molecule has 0 saturated carbocycles.